The first-order chi connectivity index (χ1) is 5.07. The molecule has 0 amide bonds. The second-order valence-corrected chi connectivity index (χ2v) is 2.50. The standard InChI is InChI=1S/C7H15NO3/c1-3-5(2)11-4-6(8)7(9)10/h5-6H,3-4,8H2,1-2H3,(H,9,10)/t5?,6-/m1/s1. The quantitative estimate of drug-likeness (QED) is 0.604. The van der Waals surface area contributed by atoms with E-state index >= 15 is 0 Å². The molecule has 0 aliphatic rings. The van der Waals surface area contributed by atoms with Crippen molar-refractivity contribution in [1.82, 2.24) is 0 Å². The summed E-state index contributed by atoms with van der Waals surface area (Å²) in [6.45, 7) is 3.94. The molecule has 66 valence electrons. The van der Waals surface area contributed by atoms with Crippen LogP contribution in [0.15, 0.2) is 0 Å². The zero-order valence-electron chi connectivity index (χ0n) is 6.91. The fourth-order valence-corrected chi connectivity index (χ4v) is 0.457. The molecule has 0 fully saturated rings. The van der Waals surface area contributed by atoms with Crippen LogP contribution in [0.1, 0.15) is 20.3 Å². The molecular formula is C7H15NO3. The van der Waals surface area contributed by atoms with Crippen molar-refractivity contribution < 1.29 is 14.6 Å². The molecule has 2 atom stereocenters. The van der Waals surface area contributed by atoms with Gasteiger partial charge in [0.15, 0.2) is 0 Å². The lowest BCUT2D eigenvalue weighted by Gasteiger charge is -2.12. The predicted molar refractivity (Wildman–Crippen MR) is 41.3 cm³/mol. The Morgan fingerprint density at radius 1 is 1.73 bits per heavy atom. The summed E-state index contributed by atoms with van der Waals surface area (Å²) < 4.78 is 5.11. The summed E-state index contributed by atoms with van der Waals surface area (Å²) in [5, 5.41) is 8.36. The number of ether oxygens (including phenoxy) is 1. The van der Waals surface area contributed by atoms with E-state index in [1.165, 1.54) is 0 Å². The normalized spacial score (nSPS) is 15.9. The summed E-state index contributed by atoms with van der Waals surface area (Å²) in [7, 11) is 0. The van der Waals surface area contributed by atoms with Gasteiger partial charge in [0.05, 0.1) is 12.7 Å². The van der Waals surface area contributed by atoms with Crippen molar-refractivity contribution >= 4 is 5.97 Å². The Hall–Kier alpha value is -0.610. The molecule has 0 aliphatic carbocycles. The lowest BCUT2D eigenvalue weighted by Crippen LogP contribution is -2.36. The van der Waals surface area contributed by atoms with Crippen molar-refractivity contribution in [2.75, 3.05) is 6.61 Å². The maximum Gasteiger partial charge on any atom is 0.322 e. The fraction of sp³-hybridized carbons (Fsp3) is 0.857. The number of carboxylic acids is 1. The molecule has 0 saturated heterocycles. The summed E-state index contributed by atoms with van der Waals surface area (Å²) in [4.78, 5) is 10.2. The Morgan fingerprint density at radius 3 is 2.64 bits per heavy atom. The van der Waals surface area contributed by atoms with Crippen LogP contribution in [0.4, 0.5) is 0 Å². The van der Waals surface area contributed by atoms with Gasteiger partial charge in [0.2, 0.25) is 0 Å². The molecule has 0 heterocycles. The van der Waals surface area contributed by atoms with E-state index in [2.05, 4.69) is 0 Å². The van der Waals surface area contributed by atoms with E-state index in [0.717, 1.165) is 6.42 Å². The Bertz CT molecular complexity index is 127. The van der Waals surface area contributed by atoms with Crippen molar-refractivity contribution in [2.24, 2.45) is 5.73 Å². The van der Waals surface area contributed by atoms with Crippen LogP contribution in [0.25, 0.3) is 0 Å². The fourth-order valence-electron chi connectivity index (χ4n) is 0.457. The Morgan fingerprint density at radius 2 is 2.27 bits per heavy atom. The second-order valence-electron chi connectivity index (χ2n) is 2.50. The van der Waals surface area contributed by atoms with Crippen LogP contribution >= 0.6 is 0 Å². The van der Waals surface area contributed by atoms with Crippen molar-refractivity contribution in [3.8, 4) is 0 Å². The van der Waals surface area contributed by atoms with E-state index in [9.17, 15) is 4.79 Å². The van der Waals surface area contributed by atoms with Gasteiger partial charge in [-0.25, -0.2) is 0 Å². The molecule has 0 saturated carbocycles. The number of rotatable bonds is 5. The summed E-state index contributed by atoms with van der Waals surface area (Å²) >= 11 is 0. The number of hydrogen-bond donors (Lipinski definition) is 2. The predicted octanol–water partition coefficient (Wildman–Crippen LogP) is 0.213. The number of nitrogens with two attached hydrogens (primary N) is 1. The Balaban J connectivity index is 3.45. The summed E-state index contributed by atoms with van der Waals surface area (Å²) in [6.07, 6.45) is 0.951. The molecule has 1 unspecified atom stereocenters. The average Bonchev–Trinajstić information content (AvgIpc) is 1.99. The van der Waals surface area contributed by atoms with E-state index in [-0.39, 0.29) is 12.7 Å². The topological polar surface area (TPSA) is 72.5 Å². The highest BCUT2D eigenvalue weighted by Crippen LogP contribution is 1.95. The van der Waals surface area contributed by atoms with Gasteiger partial charge in [-0.05, 0) is 13.3 Å². The minimum absolute atomic E-state index is 0.0837. The third kappa shape index (κ3) is 4.75. The second kappa shape index (κ2) is 5.09. The third-order valence-electron chi connectivity index (χ3n) is 1.45. The van der Waals surface area contributed by atoms with E-state index in [4.69, 9.17) is 15.6 Å². The number of carbonyl (C=O) groups is 1. The van der Waals surface area contributed by atoms with Gasteiger partial charge in [-0.3, -0.25) is 4.79 Å². The van der Waals surface area contributed by atoms with Crippen molar-refractivity contribution in [2.45, 2.75) is 32.4 Å². The zero-order chi connectivity index (χ0) is 8.85. The summed E-state index contributed by atoms with van der Waals surface area (Å²) in [6, 6.07) is -0.899. The van der Waals surface area contributed by atoms with Crippen LogP contribution in [-0.2, 0) is 9.53 Å². The smallest absolute Gasteiger partial charge is 0.322 e. The monoisotopic (exact) mass is 161 g/mol. The molecule has 11 heavy (non-hydrogen) atoms. The van der Waals surface area contributed by atoms with Gasteiger partial charge >= 0.3 is 5.97 Å². The molecule has 0 aromatic rings. The Kier molecular flexibility index (Phi) is 4.81. The van der Waals surface area contributed by atoms with E-state index < -0.39 is 12.0 Å². The van der Waals surface area contributed by atoms with Crippen molar-refractivity contribution in [3.63, 3.8) is 0 Å². The number of hydrogen-bond acceptors (Lipinski definition) is 3. The molecule has 0 radical (unpaired) electrons. The van der Waals surface area contributed by atoms with Gasteiger partial charge in [-0.15, -0.1) is 0 Å². The van der Waals surface area contributed by atoms with Gasteiger partial charge in [0.25, 0.3) is 0 Å². The van der Waals surface area contributed by atoms with Crippen LogP contribution in [-0.4, -0.2) is 29.8 Å². The maximum absolute atomic E-state index is 10.2. The molecule has 3 N–H and O–H groups in total. The van der Waals surface area contributed by atoms with Crippen LogP contribution in [0.5, 0.6) is 0 Å². The Labute approximate surface area is 66.3 Å². The molecule has 0 aromatic carbocycles. The molecular weight excluding hydrogens is 146 g/mol. The van der Waals surface area contributed by atoms with Gasteiger partial charge in [0, 0.05) is 0 Å². The molecule has 0 bridgehead atoms. The molecule has 0 aliphatic heterocycles. The molecule has 4 heteroatoms. The van der Waals surface area contributed by atoms with Crippen LogP contribution in [0.3, 0.4) is 0 Å². The first-order valence-corrected chi connectivity index (χ1v) is 3.68. The van der Waals surface area contributed by atoms with E-state index in [1.54, 1.807) is 0 Å². The summed E-state index contributed by atoms with van der Waals surface area (Å²) in [5.41, 5.74) is 5.19. The van der Waals surface area contributed by atoms with Crippen LogP contribution < -0.4 is 5.73 Å². The molecule has 0 spiro atoms. The highest BCUT2D eigenvalue weighted by Gasteiger charge is 2.12. The third-order valence-corrected chi connectivity index (χ3v) is 1.45. The highest BCUT2D eigenvalue weighted by molar-refractivity contribution is 5.73. The summed E-state index contributed by atoms with van der Waals surface area (Å²) in [5.74, 6) is -1.02. The number of carboxylic acid groups (broad SMARTS) is 1. The van der Waals surface area contributed by atoms with Crippen LogP contribution in [0, 0.1) is 0 Å². The average molecular weight is 161 g/mol. The van der Waals surface area contributed by atoms with Crippen molar-refractivity contribution in [3.05, 3.63) is 0 Å². The number of aliphatic carboxylic acids is 1. The van der Waals surface area contributed by atoms with E-state index in [0.29, 0.717) is 0 Å². The zero-order valence-corrected chi connectivity index (χ0v) is 6.91. The molecule has 4 nitrogen and oxygen atoms in total. The van der Waals surface area contributed by atoms with E-state index in [1.807, 2.05) is 13.8 Å². The van der Waals surface area contributed by atoms with Gasteiger partial charge in [-0.2, -0.15) is 0 Å². The first kappa shape index (κ1) is 10.4. The minimum Gasteiger partial charge on any atom is -0.480 e. The lowest BCUT2D eigenvalue weighted by molar-refractivity contribution is -0.140. The van der Waals surface area contributed by atoms with Gasteiger partial charge in [-0.1, -0.05) is 6.92 Å². The lowest BCUT2D eigenvalue weighted by atomic mass is 10.3. The van der Waals surface area contributed by atoms with Gasteiger partial charge in [0.1, 0.15) is 6.04 Å². The molecule has 0 rings (SSSR count). The van der Waals surface area contributed by atoms with Gasteiger partial charge < -0.3 is 15.6 Å². The maximum atomic E-state index is 10.2. The van der Waals surface area contributed by atoms with Crippen LogP contribution in [0.2, 0.25) is 0 Å². The first-order valence-electron chi connectivity index (χ1n) is 3.68. The largest absolute Gasteiger partial charge is 0.480 e. The SMILES string of the molecule is CCC(C)OC[C@@H](N)C(=O)O. The van der Waals surface area contributed by atoms with Crippen molar-refractivity contribution in [1.29, 1.82) is 0 Å². The highest BCUT2D eigenvalue weighted by atomic mass is 16.5. The molecule has 0 aromatic heterocycles. The minimum atomic E-state index is -1.02.